The monoisotopic (exact) mass is 336 g/mol. The summed E-state index contributed by atoms with van der Waals surface area (Å²) in [5, 5.41) is 0. The van der Waals surface area contributed by atoms with E-state index in [2.05, 4.69) is 23.4 Å². The second-order valence-corrected chi connectivity index (χ2v) is 8.15. The summed E-state index contributed by atoms with van der Waals surface area (Å²) in [5.41, 5.74) is 1.19. The lowest BCUT2D eigenvalue weighted by Crippen LogP contribution is -2.21. The van der Waals surface area contributed by atoms with Crippen LogP contribution in [0.1, 0.15) is 49.1 Å². The van der Waals surface area contributed by atoms with Gasteiger partial charge in [0, 0.05) is 30.1 Å². The maximum Gasteiger partial charge on any atom is 0.252 e. The van der Waals surface area contributed by atoms with E-state index in [-0.39, 0.29) is 11.8 Å². The van der Waals surface area contributed by atoms with Crippen molar-refractivity contribution in [2.24, 2.45) is 22.7 Å². The summed E-state index contributed by atoms with van der Waals surface area (Å²) in [6.07, 6.45) is 7.70. The third-order valence-electron chi connectivity index (χ3n) is 5.56. The van der Waals surface area contributed by atoms with Gasteiger partial charge in [-0.2, -0.15) is 4.99 Å². The molecule has 1 heterocycles. The zero-order valence-electron chi connectivity index (χ0n) is 14.5. The Morgan fingerprint density at radius 3 is 2.48 bits per heavy atom. The number of rotatable bonds is 4. The summed E-state index contributed by atoms with van der Waals surface area (Å²) in [4.78, 5) is 19.3. The van der Waals surface area contributed by atoms with Gasteiger partial charge >= 0.3 is 0 Å². The van der Waals surface area contributed by atoms with E-state index in [1.54, 1.807) is 18.4 Å². The molecule has 1 aromatic rings. The molecule has 0 radical (unpaired) electrons. The van der Waals surface area contributed by atoms with E-state index < -0.39 is 0 Å². The Kier molecular flexibility index (Phi) is 5.37. The molecule has 0 saturated heterocycles. The standard InChI is InChI=1S/C18H28N2O2S/c1-12-13(2)23-18(20(12)10-11-22-3)19-17(21)16-14-8-6-4-5-7-9-15(14)16/h14-16H,4-11H2,1-3H3. The molecule has 0 bridgehead atoms. The number of ether oxygens (including phenoxy) is 1. The molecule has 0 aliphatic heterocycles. The summed E-state index contributed by atoms with van der Waals surface area (Å²) in [7, 11) is 1.71. The highest BCUT2D eigenvalue weighted by atomic mass is 32.1. The molecule has 0 aromatic carbocycles. The minimum Gasteiger partial charge on any atom is -0.383 e. The molecule has 4 nitrogen and oxygen atoms in total. The summed E-state index contributed by atoms with van der Waals surface area (Å²) in [6.45, 7) is 5.59. The van der Waals surface area contributed by atoms with Crippen LogP contribution in [0.4, 0.5) is 0 Å². The first-order valence-electron chi connectivity index (χ1n) is 8.88. The van der Waals surface area contributed by atoms with Crippen LogP contribution in [0.2, 0.25) is 0 Å². The first-order valence-corrected chi connectivity index (χ1v) is 9.69. The Bertz CT molecular complexity index is 617. The summed E-state index contributed by atoms with van der Waals surface area (Å²) >= 11 is 1.63. The Morgan fingerprint density at radius 1 is 1.22 bits per heavy atom. The molecular formula is C18H28N2O2S. The minimum absolute atomic E-state index is 0.120. The van der Waals surface area contributed by atoms with E-state index in [0.717, 1.165) is 11.3 Å². The van der Waals surface area contributed by atoms with Crippen LogP contribution in [0.25, 0.3) is 0 Å². The molecule has 5 heteroatoms. The number of thiazole rings is 1. The van der Waals surface area contributed by atoms with Crippen LogP contribution in [-0.2, 0) is 16.1 Å². The van der Waals surface area contributed by atoms with Crippen molar-refractivity contribution in [3.05, 3.63) is 15.4 Å². The molecule has 2 aliphatic rings. The van der Waals surface area contributed by atoms with Crippen molar-refractivity contribution in [1.82, 2.24) is 4.57 Å². The lowest BCUT2D eigenvalue weighted by atomic mass is 10.0. The predicted molar refractivity (Wildman–Crippen MR) is 92.4 cm³/mol. The Labute approximate surface area is 142 Å². The molecule has 2 unspecified atom stereocenters. The van der Waals surface area contributed by atoms with Gasteiger partial charge in [0.2, 0.25) is 0 Å². The van der Waals surface area contributed by atoms with E-state index >= 15 is 0 Å². The first-order chi connectivity index (χ1) is 11.1. The first kappa shape index (κ1) is 16.9. The average molecular weight is 337 g/mol. The summed E-state index contributed by atoms with van der Waals surface area (Å²) in [6, 6.07) is 0. The number of hydrogen-bond donors (Lipinski definition) is 0. The second kappa shape index (κ2) is 7.31. The van der Waals surface area contributed by atoms with Crippen molar-refractivity contribution in [3.63, 3.8) is 0 Å². The maximum absolute atomic E-state index is 12.7. The number of fused-ring (bicyclic) bond motifs is 1. The van der Waals surface area contributed by atoms with Gasteiger partial charge < -0.3 is 9.30 Å². The van der Waals surface area contributed by atoms with E-state index in [1.165, 1.54) is 49.1 Å². The smallest absolute Gasteiger partial charge is 0.252 e. The summed E-state index contributed by atoms with van der Waals surface area (Å²) < 4.78 is 7.32. The van der Waals surface area contributed by atoms with Gasteiger partial charge in [-0.25, -0.2) is 0 Å². The molecule has 0 spiro atoms. The third-order valence-corrected chi connectivity index (χ3v) is 6.65. The number of aryl methyl sites for hydroxylation is 1. The van der Waals surface area contributed by atoms with Gasteiger partial charge in [0.25, 0.3) is 5.91 Å². The van der Waals surface area contributed by atoms with Crippen LogP contribution in [0.15, 0.2) is 4.99 Å². The van der Waals surface area contributed by atoms with Gasteiger partial charge in [-0.3, -0.25) is 4.79 Å². The van der Waals surface area contributed by atoms with Crippen LogP contribution in [-0.4, -0.2) is 24.2 Å². The van der Waals surface area contributed by atoms with Gasteiger partial charge in [0.1, 0.15) is 0 Å². The molecule has 1 aromatic heterocycles. The number of carbonyl (C=O) groups excluding carboxylic acids is 1. The van der Waals surface area contributed by atoms with Crippen molar-refractivity contribution < 1.29 is 9.53 Å². The molecule has 1 amide bonds. The lowest BCUT2D eigenvalue weighted by Gasteiger charge is -2.05. The number of hydrogen-bond acceptors (Lipinski definition) is 3. The summed E-state index contributed by atoms with van der Waals surface area (Å²) in [5.74, 6) is 1.54. The van der Waals surface area contributed by atoms with Crippen molar-refractivity contribution in [1.29, 1.82) is 0 Å². The fraction of sp³-hybridized carbons (Fsp3) is 0.778. The quantitative estimate of drug-likeness (QED) is 0.845. The largest absolute Gasteiger partial charge is 0.383 e. The molecule has 3 rings (SSSR count). The van der Waals surface area contributed by atoms with Crippen LogP contribution in [0, 0.1) is 31.6 Å². The molecule has 2 aliphatic carbocycles. The van der Waals surface area contributed by atoms with Gasteiger partial charge in [-0.05, 0) is 38.5 Å². The average Bonchev–Trinajstić information content (AvgIpc) is 3.10. The molecular weight excluding hydrogens is 308 g/mol. The van der Waals surface area contributed by atoms with Gasteiger partial charge in [-0.1, -0.05) is 25.7 Å². The minimum atomic E-state index is 0.120. The number of methoxy groups -OCH3 is 1. The van der Waals surface area contributed by atoms with E-state index in [4.69, 9.17) is 4.74 Å². The van der Waals surface area contributed by atoms with E-state index in [9.17, 15) is 4.79 Å². The molecule has 128 valence electrons. The second-order valence-electron chi connectivity index (χ2n) is 6.97. The fourth-order valence-corrected chi connectivity index (χ4v) is 5.02. The molecule has 2 atom stereocenters. The number of aromatic nitrogens is 1. The molecule has 23 heavy (non-hydrogen) atoms. The number of amides is 1. The lowest BCUT2D eigenvalue weighted by molar-refractivity contribution is -0.119. The molecule has 2 fully saturated rings. The normalized spacial score (nSPS) is 28.1. The van der Waals surface area contributed by atoms with E-state index in [0.29, 0.717) is 18.4 Å². The van der Waals surface area contributed by atoms with Crippen molar-refractivity contribution in [3.8, 4) is 0 Å². The van der Waals surface area contributed by atoms with Gasteiger partial charge in [-0.15, -0.1) is 11.3 Å². The highest BCUT2D eigenvalue weighted by molar-refractivity contribution is 7.09. The van der Waals surface area contributed by atoms with Gasteiger partial charge in [0.05, 0.1) is 6.61 Å². The van der Waals surface area contributed by atoms with Crippen LogP contribution in [0.5, 0.6) is 0 Å². The van der Waals surface area contributed by atoms with Crippen molar-refractivity contribution in [2.75, 3.05) is 13.7 Å². The highest BCUT2D eigenvalue weighted by Gasteiger charge is 2.53. The maximum atomic E-state index is 12.7. The fourth-order valence-electron chi connectivity index (χ4n) is 4.01. The molecule has 0 N–H and O–H groups in total. The van der Waals surface area contributed by atoms with Crippen molar-refractivity contribution in [2.45, 2.75) is 58.9 Å². The number of carbonyl (C=O) groups is 1. The SMILES string of the molecule is COCCn1c(C)c(C)sc1=NC(=O)C1C2CCCCCCC21. The molecule has 2 saturated carbocycles. The van der Waals surface area contributed by atoms with Crippen molar-refractivity contribution >= 4 is 17.2 Å². The van der Waals surface area contributed by atoms with Crippen LogP contribution >= 0.6 is 11.3 Å². The number of nitrogens with zero attached hydrogens (tertiary/aromatic N) is 2. The Hall–Kier alpha value is -0.940. The zero-order chi connectivity index (χ0) is 16.4. The topological polar surface area (TPSA) is 43.6 Å². The van der Waals surface area contributed by atoms with Crippen LogP contribution < -0.4 is 4.80 Å². The Balaban J connectivity index is 1.78. The zero-order valence-corrected chi connectivity index (χ0v) is 15.3. The van der Waals surface area contributed by atoms with Crippen LogP contribution in [0.3, 0.4) is 0 Å². The third kappa shape index (κ3) is 3.61. The predicted octanol–water partition coefficient (Wildman–Crippen LogP) is 3.46. The van der Waals surface area contributed by atoms with E-state index in [1.807, 2.05) is 0 Å². The Morgan fingerprint density at radius 2 is 1.87 bits per heavy atom. The highest BCUT2D eigenvalue weighted by Crippen LogP contribution is 2.54. The van der Waals surface area contributed by atoms with Gasteiger partial charge in [0.15, 0.2) is 4.80 Å².